The van der Waals surface area contributed by atoms with E-state index in [9.17, 15) is 18.9 Å². The van der Waals surface area contributed by atoms with Crippen LogP contribution in [0.25, 0.3) is 11.3 Å². The van der Waals surface area contributed by atoms with Gasteiger partial charge in [-0.3, -0.25) is 28.0 Å². The van der Waals surface area contributed by atoms with Crippen molar-refractivity contribution >= 4 is 60.5 Å². The Morgan fingerprint density at radius 3 is 2.14 bits per heavy atom. The Bertz CT molecular complexity index is 1950. The summed E-state index contributed by atoms with van der Waals surface area (Å²) in [6.07, 6.45) is 4.44. The molecule has 1 aromatic heterocycles. The Morgan fingerprint density at radius 1 is 0.982 bits per heavy atom. The fraction of sp³-hybridized carbons (Fsp3) is 0.561. The van der Waals surface area contributed by atoms with Crippen LogP contribution in [0.5, 0.6) is 0 Å². The van der Waals surface area contributed by atoms with Crippen molar-refractivity contribution in [2.24, 2.45) is 16.7 Å². The van der Waals surface area contributed by atoms with Crippen LogP contribution in [0.2, 0.25) is 10.0 Å². The first kappa shape index (κ1) is 43.1. The van der Waals surface area contributed by atoms with E-state index in [0.717, 1.165) is 54.8 Å². The van der Waals surface area contributed by atoms with Crippen LogP contribution >= 0.6 is 30.8 Å². The molecule has 310 valence electrons. The predicted molar refractivity (Wildman–Crippen MR) is 216 cm³/mol. The Labute approximate surface area is 344 Å². The number of hydrogen-bond donors (Lipinski definition) is 0. The standard InChI is InChI=1S/C41H52Cl2N3O10P/c1-25-17-28(45(22-47)15-16-57(50,54-23-52-38(48)40(2,3)4)55-24-53-39(49)41(5,6)7)13-14-33(25)46-20-27-18-29(46)19-34(27)51-21-30-36(44-56-37(30)26-11-12-26)35-31(42)9-8-10-32(35)43/h8-10,13-14,17,22,26-27,29,34H,11-12,15-16,18-21,23-24H2,1-7H3/t27-,29-,34+/m0/s1. The first-order chi connectivity index (χ1) is 26.9. The third kappa shape index (κ3) is 10.2. The smallest absolute Gasteiger partial charge is 0.338 e. The molecule has 2 aliphatic carbocycles. The number of fused-ring (bicyclic) bond motifs is 2. The van der Waals surface area contributed by atoms with Crippen molar-refractivity contribution in [3.8, 4) is 11.3 Å². The molecule has 13 nitrogen and oxygen atoms in total. The molecular formula is C41H52Cl2N3O10P. The number of benzene rings is 2. The van der Waals surface area contributed by atoms with Crippen molar-refractivity contribution in [3.05, 3.63) is 63.3 Å². The van der Waals surface area contributed by atoms with E-state index in [2.05, 4.69) is 10.1 Å². The predicted octanol–water partition coefficient (Wildman–Crippen LogP) is 9.30. The highest BCUT2D eigenvalue weighted by molar-refractivity contribution is 7.53. The van der Waals surface area contributed by atoms with Gasteiger partial charge in [0.2, 0.25) is 20.0 Å². The molecule has 16 heteroatoms. The van der Waals surface area contributed by atoms with Gasteiger partial charge in [-0.2, -0.15) is 0 Å². The van der Waals surface area contributed by atoms with Gasteiger partial charge in [-0.25, -0.2) is 0 Å². The van der Waals surface area contributed by atoms with Crippen molar-refractivity contribution in [1.29, 1.82) is 0 Å². The van der Waals surface area contributed by atoms with E-state index in [1.165, 1.54) is 4.90 Å². The highest BCUT2D eigenvalue weighted by atomic mass is 35.5. The lowest BCUT2D eigenvalue weighted by molar-refractivity contribution is -0.162. The van der Waals surface area contributed by atoms with Gasteiger partial charge in [-0.1, -0.05) is 34.4 Å². The van der Waals surface area contributed by atoms with Gasteiger partial charge in [-0.15, -0.1) is 0 Å². The molecule has 1 amide bonds. The Hall–Kier alpha value is -3.45. The highest BCUT2D eigenvalue weighted by Crippen LogP contribution is 2.50. The summed E-state index contributed by atoms with van der Waals surface area (Å²) >= 11 is 13.1. The molecule has 3 aromatic rings. The largest absolute Gasteiger partial charge is 0.438 e. The second-order valence-electron chi connectivity index (χ2n) is 17.1. The minimum Gasteiger partial charge on any atom is -0.438 e. The first-order valence-electron chi connectivity index (χ1n) is 19.2. The van der Waals surface area contributed by atoms with E-state index in [-0.39, 0.29) is 24.9 Å². The molecule has 0 radical (unpaired) electrons. The van der Waals surface area contributed by atoms with Crippen LogP contribution in [0.3, 0.4) is 0 Å². The maximum Gasteiger partial charge on any atom is 0.338 e. The van der Waals surface area contributed by atoms with E-state index in [1.807, 2.05) is 31.2 Å². The van der Waals surface area contributed by atoms with Crippen LogP contribution in [0, 0.1) is 23.7 Å². The molecule has 6 rings (SSSR count). The summed E-state index contributed by atoms with van der Waals surface area (Å²) in [5, 5.41) is 5.44. The number of ether oxygens (including phenoxy) is 3. The number of esters is 2. The number of carbonyl (C=O) groups excluding carboxylic acids is 3. The third-order valence-corrected chi connectivity index (χ3v) is 12.9. The van der Waals surface area contributed by atoms with Crippen LogP contribution in [-0.4, -0.2) is 68.5 Å². The molecule has 2 bridgehead atoms. The second kappa shape index (κ2) is 17.4. The summed E-state index contributed by atoms with van der Waals surface area (Å²) in [4.78, 5) is 40.7. The van der Waals surface area contributed by atoms with Crippen molar-refractivity contribution in [3.63, 3.8) is 0 Å². The summed E-state index contributed by atoms with van der Waals surface area (Å²) in [5.41, 5.74) is 3.24. The van der Waals surface area contributed by atoms with E-state index < -0.39 is 44.0 Å². The van der Waals surface area contributed by atoms with Crippen LogP contribution in [0.1, 0.15) is 90.0 Å². The molecule has 2 heterocycles. The molecule has 3 fully saturated rings. The second-order valence-corrected chi connectivity index (χ2v) is 20.1. The normalized spacial score (nSPS) is 19.5. The summed E-state index contributed by atoms with van der Waals surface area (Å²) in [7, 11) is -4.02. The maximum atomic E-state index is 13.8. The quantitative estimate of drug-likeness (QED) is 0.0552. The van der Waals surface area contributed by atoms with Crippen LogP contribution in [0.4, 0.5) is 11.4 Å². The lowest BCUT2D eigenvalue weighted by atomic mass is 9.98. The summed E-state index contributed by atoms with van der Waals surface area (Å²) in [6.45, 7) is 11.9. The Kier molecular flexibility index (Phi) is 13.2. The lowest BCUT2D eigenvalue weighted by Gasteiger charge is -2.34. The average Bonchev–Trinajstić information content (AvgIpc) is 3.59. The van der Waals surface area contributed by atoms with Gasteiger partial charge in [0.25, 0.3) is 0 Å². The molecule has 2 aromatic carbocycles. The number of carbonyl (C=O) groups is 3. The van der Waals surface area contributed by atoms with Gasteiger partial charge in [-0.05, 0) is 110 Å². The topological polar surface area (TPSA) is 147 Å². The zero-order valence-corrected chi connectivity index (χ0v) is 36.0. The molecule has 0 spiro atoms. The van der Waals surface area contributed by atoms with Crippen molar-refractivity contribution in [2.75, 3.05) is 42.6 Å². The van der Waals surface area contributed by atoms with Crippen molar-refractivity contribution in [2.45, 2.75) is 98.8 Å². The van der Waals surface area contributed by atoms with Crippen molar-refractivity contribution in [1.82, 2.24) is 5.16 Å². The lowest BCUT2D eigenvalue weighted by Crippen LogP contribution is -2.39. The van der Waals surface area contributed by atoms with Crippen LogP contribution in [-0.2, 0) is 48.8 Å². The van der Waals surface area contributed by atoms with Gasteiger partial charge in [0, 0.05) is 53.5 Å². The highest BCUT2D eigenvalue weighted by Gasteiger charge is 2.46. The number of hydrogen-bond acceptors (Lipinski definition) is 12. The zero-order chi connectivity index (χ0) is 41.3. The van der Waals surface area contributed by atoms with Gasteiger partial charge < -0.3 is 28.5 Å². The molecular weight excluding hydrogens is 796 g/mol. The number of anilines is 2. The van der Waals surface area contributed by atoms with E-state index in [4.69, 9.17) is 51.0 Å². The van der Waals surface area contributed by atoms with Crippen molar-refractivity contribution < 1.29 is 46.7 Å². The molecule has 2 saturated carbocycles. The number of rotatable bonds is 17. The molecule has 3 aliphatic rings. The van der Waals surface area contributed by atoms with Gasteiger partial charge in [0.1, 0.15) is 11.5 Å². The Balaban J connectivity index is 1.07. The number of nitrogens with zero attached hydrogens (tertiary/aromatic N) is 3. The molecule has 0 unspecified atom stereocenters. The molecule has 1 saturated heterocycles. The molecule has 1 aliphatic heterocycles. The molecule has 57 heavy (non-hydrogen) atoms. The fourth-order valence-corrected chi connectivity index (χ4v) is 8.97. The average molecular weight is 849 g/mol. The van der Waals surface area contributed by atoms with Crippen LogP contribution < -0.4 is 9.80 Å². The fourth-order valence-electron chi connectivity index (χ4n) is 7.18. The minimum absolute atomic E-state index is 0.0491. The summed E-state index contributed by atoms with van der Waals surface area (Å²) in [5.74, 6) is 0.406. The maximum absolute atomic E-state index is 13.8. The SMILES string of the molecule is Cc1cc(N(C=O)CCP(=O)(OCOC(=O)C(C)(C)C)OCOC(=O)C(C)(C)C)ccc1N1C[C@@H]2C[C@H]1C[C@H]2OCc1c(-c2c(Cl)cccc2Cl)noc1C1CC1. The zero-order valence-electron chi connectivity index (χ0n) is 33.5. The van der Waals surface area contributed by atoms with Gasteiger partial charge >= 0.3 is 19.5 Å². The summed E-state index contributed by atoms with van der Waals surface area (Å²) < 4.78 is 47.5. The van der Waals surface area contributed by atoms with E-state index >= 15 is 0 Å². The minimum atomic E-state index is -4.02. The number of piperidine rings is 1. The Morgan fingerprint density at radius 2 is 1.61 bits per heavy atom. The van der Waals surface area contributed by atoms with E-state index in [1.54, 1.807) is 53.7 Å². The third-order valence-electron chi connectivity index (χ3n) is 10.6. The van der Waals surface area contributed by atoms with Gasteiger partial charge in [0.15, 0.2) is 0 Å². The number of amides is 1. The van der Waals surface area contributed by atoms with Crippen LogP contribution in [0.15, 0.2) is 40.9 Å². The first-order valence-corrected chi connectivity index (χ1v) is 21.7. The van der Waals surface area contributed by atoms with Gasteiger partial charge in [0.05, 0.1) is 39.7 Å². The number of aryl methyl sites for hydroxylation is 1. The monoisotopic (exact) mass is 847 g/mol. The van der Waals surface area contributed by atoms with E-state index in [0.29, 0.717) is 51.8 Å². The summed E-state index contributed by atoms with van der Waals surface area (Å²) in [6, 6.07) is 11.5. The number of aromatic nitrogens is 1. The number of halogens is 2. The molecule has 0 N–H and O–H groups in total. The molecule has 3 atom stereocenters.